The van der Waals surface area contributed by atoms with Gasteiger partial charge in [-0.3, -0.25) is 4.79 Å². The SMILES string of the molecule is NC1CCC(C(=O)Nc2ccc(Br)c(I)c2)CC1. The standard InChI is InChI=1S/C13H16BrIN2O/c14-11-6-5-10(7-12(11)15)17-13(18)8-1-3-9(16)4-2-8/h5-9H,1-4,16H2,(H,17,18). The Bertz CT molecular complexity index is 445. The molecule has 0 saturated heterocycles. The molecule has 0 bridgehead atoms. The first-order valence-electron chi connectivity index (χ1n) is 6.08. The van der Waals surface area contributed by atoms with Crippen LogP contribution >= 0.6 is 38.5 Å². The van der Waals surface area contributed by atoms with Gasteiger partial charge >= 0.3 is 0 Å². The third kappa shape index (κ3) is 3.68. The number of carbonyl (C=O) groups excluding carboxylic acids is 1. The highest BCUT2D eigenvalue weighted by molar-refractivity contribution is 14.1. The van der Waals surface area contributed by atoms with E-state index in [9.17, 15) is 4.79 Å². The van der Waals surface area contributed by atoms with Crippen molar-refractivity contribution in [2.45, 2.75) is 31.7 Å². The lowest BCUT2D eigenvalue weighted by atomic mass is 9.86. The lowest BCUT2D eigenvalue weighted by Crippen LogP contribution is -2.32. The average Bonchev–Trinajstić information content (AvgIpc) is 2.34. The number of nitrogens with one attached hydrogen (secondary N) is 1. The number of anilines is 1. The molecule has 1 aromatic rings. The molecule has 0 heterocycles. The molecule has 2 rings (SSSR count). The number of hydrogen-bond donors (Lipinski definition) is 2. The number of amides is 1. The Morgan fingerprint density at radius 1 is 1.33 bits per heavy atom. The van der Waals surface area contributed by atoms with E-state index in [4.69, 9.17) is 5.73 Å². The summed E-state index contributed by atoms with van der Waals surface area (Å²) < 4.78 is 2.14. The normalized spacial score (nSPS) is 23.7. The highest BCUT2D eigenvalue weighted by atomic mass is 127. The second-order valence-corrected chi connectivity index (χ2v) is 6.75. The van der Waals surface area contributed by atoms with Crippen molar-refractivity contribution in [2.75, 3.05) is 5.32 Å². The van der Waals surface area contributed by atoms with Gasteiger partial charge in [0.15, 0.2) is 0 Å². The van der Waals surface area contributed by atoms with Gasteiger partial charge in [-0.2, -0.15) is 0 Å². The molecule has 0 atom stereocenters. The zero-order valence-electron chi connectivity index (χ0n) is 9.96. The Labute approximate surface area is 129 Å². The molecule has 0 aromatic heterocycles. The zero-order chi connectivity index (χ0) is 13.1. The van der Waals surface area contributed by atoms with Crippen LogP contribution in [0.3, 0.4) is 0 Å². The van der Waals surface area contributed by atoms with E-state index in [0.29, 0.717) is 0 Å². The summed E-state index contributed by atoms with van der Waals surface area (Å²) in [5.74, 6) is 0.242. The number of halogens is 2. The van der Waals surface area contributed by atoms with Gasteiger partial charge in [-0.25, -0.2) is 0 Å². The third-order valence-corrected chi connectivity index (χ3v) is 5.66. The molecule has 1 fully saturated rings. The predicted octanol–water partition coefficient (Wildman–Crippen LogP) is 3.51. The van der Waals surface area contributed by atoms with Crippen molar-refractivity contribution in [1.82, 2.24) is 0 Å². The molecule has 0 radical (unpaired) electrons. The predicted molar refractivity (Wildman–Crippen MR) is 85.4 cm³/mol. The first kappa shape index (κ1) is 14.3. The molecule has 1 aliphatic carbocycles. The zero-order valence-corrected chi connectivity index (χ0v) is 13.7. The molecule has 0 spiro atoms. The molecule has 5 heteroatoms. The fraction of sp³-hybridized carbons (Fsp3) is 0.462. The van der Waals surface area contributed by atoms with E-state index in [-0.39, 0.29) is 17.9 Å². The van der Waals surface area contributed by atoms with E-state index >= 15 is 0 Å². The van der Waals surface area contributed by atoms with E-state index in [1.165, 1.54) is 0 Å². The number of benzene rings is 1. The quantitative estimate of drug-likeness (QED) is 0.716. The first-order valence-corrected chi connectivity index (χ1v) is 7.95. The molecule has 0 aliphatic heterocycles. The minimum absolute atomic E-state index is 0.117. The van der Waals surface area contributed by atoms with Crippen molar-refractivity contribution >= 4 is 50.1 Å². The van der Waals surface area contributed by atoms with Crippen molar-refractivity contribution in [1.29, 1.82) is 0 Å². The van der Waals surface area contributed by atoms with Crippen molar-refractivity contribution in [3.8, 4) is 0 Å². The third-order valence-electron chi connectivity index (χ3n) is 3.33. The van der Waals surface area contributed by atoms with Crippen LogP contribution in [0.1, 0.15) is 25.7 Å². The number of hydrogen-bond acceptors (Lipinski definition) is 2. The second kappa shape index (κ2) is 6.34. The van der Waals surface area contributed by atoms with Gasteiger partial charge in [0.05, 0.1) is 0 Å². The number of carbonyl (C=O) groups is 1. The Morgan fingerprint density at radius 3 is 2.61 bits per heavy atom. The Balaban J connectivity index is 1.96. The fourth-order valence-electron chi connectivity index (χ4n) is 2.20. The van der Waals surface area contributed by atoms with Crippen LogP contribution < -0.4 is 11.1 Å². The van der Waals surface area contributed by atoms with E-state index in [1.807, 2.05) is 18.2 Å². The number of nitrogens with two attached hydrogens (primary N) is 1. The van der Waals surface area contributed by atoms with Crippen LogP contribution in [0.25, 0.3) is 0 Å². The maximum Gasteiger partial charge on any atom is 0.227 e. The summed E-state index contributed by atoms with van der Waals surface area (Å²) in [5.41, 5.74) is 6.71. The Morgan fingerprint density at radius 2 is 2.00 bits per heavy atom. The lowest BCUT2D eigenvalue weighted by Gasteiger charge is -2.25. The van der Waals surface area contributed by atoms with Gasteiger partial charge < -0.3 is 11.1 Å². The first-order chi connectivity index (χ1) is 8.56. The number of rotatable bonds is 2. The topological polar surface area (TPSA) is 55.1 Å². The summed E-state index contributed by atoms with van der Waals surface area (Å²) in [7, 11) is 0. The highest BCUT2D eigenvalue weighted by Crippen LogP contribution is 2.26. The Hall–Kier alpha value is -0.140. The van der Waals surface area contributed by atoms with Crippen molar-refractivity contribution in [3.05, 3.63) is 26.2 Å². The summed E-state index contributed by atoms with van der Waals surface area (Å²) in [6, 6.07) is 6.12. The van der Waals surface area contributed by atoms with Crippen molar-refractivity contribution in [3.63, 3.8) is 0 Å². The summed E-state index contributed by atoms with van der Waals surface area (Å²) in [6.07, 6.45) is 3.72. The van der Waals surface area contributed by atoms with Gasteiger partial charge in [0.25, 0.3) is 0 Å². The maximum absolute atomic E-state index is 12.1. The summed E-state index contributed by atoms with van der Waals surface area (Å²) in [5, 5.41) is 2.99. The molecular weight excluding hydrogens is 407 g/mol. The van der Waals surface area contributed by atoms with Crippen LogP contribution in [0.4, 0.5) is 5.69 Å². The largest absolute Gasteiger partial charge is 0.328 e. The fourth-order valence-corrected chi connectivity index (χ4v) is 2.96. The van der Waals surface area contributed by atoms with Gasteiger partial charge in [-0.05, 0) is 82.4 Å². The van der Waals surface area contributed by atoms with Gasteiger partial charge in [-0.1, -0.05) is 0 Å². The van der Waals surface area contributed by atoms with Gasteiger partial charge in [0.2, 0.25) is 5.91 Å². The second-order valence-electron chi connectivity index (χ2n) is 4.73. The van der Waals surface area contributed by atoms with E-state index in [1.54, 1.807) is 0 Å². The van der Waals surface area contributed by atoms with Crippen LogP contribution in [-0.2, 0) is 4.79 Å². The smallest absolute Gasteiger partial charge is 0.227 e. The molecule has 98 valence electrons. The van der Waals surface area contributed by atoms with Crippen molar-refractivity contribution < 1.29 is 4.79 Å². The lowest BCUT2D eigenvalue weighted by molar-refractivity contribution is -0.120. The molecule has 1 amide bonds. The molecular formula is C13H16BrIN2O. The van der Waals surface area contributed by atoms with Crippen molar-refractivity contribution in [2.24, 2.45) is 11.7 Å². The average molecular weight is 423 g/mol. The van der Waals surface area contributed by atoms with Gasteiger partial charge in [0.1, 0.15) is 0 Å². The molecule has 1 saturated carbocycles. The monoisotopic (exact) mass is 422 g/mol. The van der Waals surface area contributed by atoms with Crippen LogP contribution in [0.15, 0.2) is 22.7 Å². The Kier molecular flexibility index (Phi) is 5.03. The minimum atomic E-state index is 0.117. The molecule has 18 heavy (non-hydrogen) atoms. The van der Waals surface area contributed by atoms with Gasteiger partial charge in [0, 0.05) is 25.7 Å². The molecule has 0 unspecified atom stereocenters. The summed E-state index contributed by atoms with van der Waals surface area (Å²) >= 11 is 5.68. The summed E-state index contributed by atoms with van der Waals surface area (Å²) in [6.45, 7) is 0. The van der Waals surface area contributed by atoms with Gasteiger partial charge in [-0.15, -0.1) is 0 Å². The van der Waals surface area contributed by atoms with E-state index in [2.05, 4.69) is 43.8 Å². The minimum Gasteiger partial charge on any atom is -0.328 e. The van der Waals surface area contributed by atoms with Crippen LogP contribution in [-0.4, -0.2) is 11.9 Å². The van der Waals surface area contributed by atoms with E-state index < -0.39 is 0 Å². The molecule has 3 nitrogen and oxygen atoms in total. The van der Waals surface area contributed by atoms with Crippen LogP contribution in [0.5, 0.6) is 0 Å². The van der Waals surface area contributed by atoms with Crippen LogP contribution in [0, 0.1) is 9.49 Å². The highest BCUT2D eigenvalue weighted by Gasteiger charge is 2.24. The summed E-state index contributed by atoms with van der Waals surface area (Å²) in [4.78, 5) is 12.1. The van der Waals surface area contributed by atoms with Crippen LogP contribution in [0.2, 0.25) is 0 Å². The van der Waals surface area contributed by atoms with E-state index in [0.717, 1.165) is 39.4 Å². The molecule has 1 aromatic carbocycles. The molecule has 3 N–H and O–H groups in total. The maximum atomic E-state index is 12.1. The molecule has 1 aliphatic rings.